The van der Waals surface area contributed by atoms with E-state index in [1.54, 1.807) is 0 Å². The smallest absolute Gasteiger partial charge is 0.0866 e. The van der Waals surface area contributed by atoms with Crippen LogP contribution in [0.25, 0.3) is 0 Å². The third-order valence-electron chi connectivity index (χ3n) is 1.71. The van der Waals surface area contributed by atoms with Crippen LogP contribution in [0, 0.1) is 3.57 Å². The lowest BCUT2D eigenvalue weighted by Crippen LogP contribution is -2.10. The van der Waals surface area contributed by atoms with Gasteiger partial charge in [0.25, 0.3) is 0 Å². The molecule has 0 aliphatic heterocycles. The molecule has 0 aliphatic rings. The van der Waals surface area contributed by atoms with Gasteiger partial charge < -0.3 is 0 Å². The predicted octanol–water partition coefficient (Wildman–Crippen LogP) is 4.56. The van der Waals surface area contributed by atoms with Crippen LogP contribution in [0.5, 0.6) is 0 Å². The van der Waals surface area contributed by atoms with Gasteiger partial charge in [0.2, 0.25) is 0 Å². The monoisotopic (exact) mass is 308 g/mol. The van der Waals surface area contributed by atoms with E-state index in [0.29, 0.717) is 0 Å². The summed E-state index contributed by atoms with van der Waals surface area (Å²) in [6.45, 7) is 7.90. The van der Waals surface area contributed by atoms with Crippen molar-refractivity contribution in [3.63, 3.8) is 0 Å². The Morgan fingerprint density at radius 3 is 1.79 bits per heavy atom. The fourth-order valence-corrected chi connectivity index (χ4v) is 1.31. The highest BCUT2D eigenvalue weighted by Gasteiger charge is 2.12. The van der Waals surface area contributed by atoms with Gasteiger partial charge in [0, 0.05) is 3.57 Å². The first kappa shape index (κ1) is 13.9. The molecular weight excluding hydrogens is 290 g/mol. The first-order chi connectivity index (χ1) is 6.41. The van der Waals surface area contributed by atoms with E-state index in [-0.39, 0.29) is 12.1 Å². The second-order valence-corrected chi connectivity index (χ2v) is 5.27. The van der Waals surface area contributed by atoms with Crippen LogP contribution in [0.1, 0.15) is 33.3 Å². The number of alkyl halides is 1. The minimum absolute atomic E-state index is 0.250. The predicted molar refractivity (Wildman–Crippen MR) is 69.5 cm³/mol. The average Bonchev–Trinajstić information content (AvgIpc) is 2.04. The Hall–Kier alpha value is -0.120. The van der Waals surface area contributed by atoms with Crippen LogP contribution in [0.2, 0.25) is 0 Å². The Morgan fingerprint density at radius 1 is 1.14 bits per heavy atom. The van der Waals surface area contributed by atoms with Gasteiger partial charge in [-0.3, -0.25) is 4.39 Å². The third kappa shape index (κ3) is 5.58. The summed E-state index contributed by atoms with van der Waals surface area (Å²) in [7, 11) is 0. The number of hydrogen-bond donors (Lipinski definition) is 0. The van der Waals surface area contributed by atoms with E-state index in [1.807, 2.05) is 0 Å². The number of rotatable bonds is 0. The third-order valence-corrected chi connectivity index (χ3v) is 2.43. The molecule has 0 amide bonds. The molecular formula is C12H18FI. The van der Waals surface area contributed by atoms with Crippen molar-refractivity contribution in [1.29, 1.82) is 0 Å². The van der Waals surface area contributed by atoms with Crippen LogP contribution in [-0.4, -0.2) is 6.67 Å². The lowest BCUT2D eigenvalue weighted by molar-refractivity contribution is 0.527. The van der Waals surface area contributed by atoms with Crippen LogP contribution in [-0.2, 0) is 5.41 Å². The molecule has 0 aromatic heterocycles. The van der Waals surface area contributed by atoms with Crippen molar-refractivity contribution >= 4 is 22.6 Å². The molecule has 2 heteroatoms. The highest BCUT2D eigenvalue weighted by atomic mass is 127. The lowest BCUT2D eigenvalue weighted by Gasteiger charge is -2.18. The van der Waals surface area contributed by atoms with E-state index in [4.69, 9.17) is 0 Å². The molecule has 0 aliphatic carbocycles. The van der Waals surface area contributed by atoms with Gasteiger partial charge in [0.15, 0.2) is 0 Å². The van der Waals surface area contributed by atoms with Crippen LogP contribution < -0.4 is 0 Å². The fourth-order valence-electron chi connectivity index (χ4n) is 0.950. The lowest BCUT2D eigenvalue weighted by atomic mass is 9.87. The molecule has 0 spiro atoms. The van der Waals surface area contributed by atoms with E-state index in [1.165, 1.54) is 16.1 Å². The van der Waals surface area contributed by atoms with Crippen molar-refractivity contribution in [1.82, 2.24) is 0 Å². The van der Waals surface area contributed by atoms with E-state index >= 15 is 0 Å². The SMILES string of the molecule is CC(C)(C)c1ccc(I)cc1.CCF. The summed E-state index contributed by atoms with van der Waals surface area (Å²) < 4.78 is 11.6. The Morgan fingerprint density at radius 2 is 1.50 bits per heavy atom. The van der Waals surface area contributed by atoms with Crippen molar-refractivity contribution in [2.45, 2.75) is 33.1 Å². The Kier molecular flexibility index (Phi) is 6.33. The van der Waals surface area contributed by atoms with E-state index in [0.717, 1.165) is 0 Å². The number of hydrogen-bond acceptors (Lipinski definition) is 0. The van der Waals surface area contributed by atoms with Gasteiger partial charge in [-0.15, -0.1) is 0 Å². The molecule has 80 valence electrons. The first-order valence-electron chi connectivity index (χ1n) is 4.73. The molecule has 0 nitrogen and oxygen atoms in total. The zero-order chi connectivity index (χ0) is 11.2. The normalized spacial score (nSPS) is 10.4. The molecule has 1 rings (SSSR count). The summed E-state index contributed by atoms with van der Waals surface area (Å²) in [6, 6.07) is 8.70. The van der Waals surface area contributed by atoms with Gasteiger partial charge >= 0.3 is 0 Å². The van der Waals surface area contributed by atoms with Gasteiger partial charge in [0.1, 0.15) is 0 Å². The summed E-state index contributed by atoms with van der Waals surface area (Å²) in [5.41, 5.74) is 1.68. The molecule has 14 heavy (non-hydrogen) atoms. The van der Waals surface area contributed by atoms with Gasteiger partial charge in [-0.05, 0) is 52.6 Å². The Bertz CT molecular complexity index is 246. The van der Waals surface area contributed by atoms with Gasteiger partial charge in [-0.2, -0.15) is 0 Å². The van der Waals surface area contributed by atoms with E-state index in [9.17, 15) is 4.39 Å². The molecule has 0 unspecified atom stereocenters. The topological polar surface area (TPSA) is 0 Å². The van der Waals surface area contributed by atoms with Crippen molar-refractivity contribution < 1.29 is 4.39 Å². The second kappa shape index (κ2) is 6.38. The average molecular weight is 308 g/mol. The highest BCUT2D eigenvalue weighted by Crippen LogP contribution is 2.22. The summed E-state index contributed by atoms with van der Waals surface area (Å²) >= 11 is 2.32. The molecule has 0 fully saturated rings. The van der Waals surface area contributed by atoms with E-state index < -0.39 is 0 Å². The van der Waals surface area contributed by atoms with E-state index in [2.05, 4.69) is 67.6 Å². The molecule has 1 aromatic rings. The maximum atomic E-state index is 10.3. The fraction of sp³-hybridized carbons (Fsp3) is 0.500. The minimum Gasteiger partial charge on any atom is -0.251 e. The van der Waals surface area contributed by atoms with Crippen LogP contribution in [0.15, 0.2) is 24.3 Å². The van der Waals surface area contributed by atoms with Crippen LogP contribution in [0.3, 0.4) is 0 Å². The van der Waals surface area contributed by atoms with Crippen LogP contribution in [0.4, 0.5) is 4.39 Å². The van der Waals surface area contributed by atoms with Gasteiger partial charge in [0.05, 0.1) is 6.67 Å². The second-order valence-electron chi connectivity index (χ2n) is 4.02. The van der Waals surface area contributed by atoms with Gasteiger partial charge in [-0.1, -0.05) is 32.9 Å². The van der Waals surface area contributed by atoms with Crippen molar-refractivity contribution in [2.75, 3.05) is 6.67 Å². The molecule has 0 atom stereocenters. The molecule has 0 saturated heterocycles. The zero-order valence-corrected chi connectivity index (χ0v) is 11.4. The molecule has 0 heterocycles. The number of benzene rings is 1. The van der Waals surface area contributed by atoms with Crippen molar-refractivity contribution in [2.24, 2.45) is 0 Å². The quantitative estimate of drug-likeness (QED) is 0.616. The summed E-state index contributed by atoms with van der Waals surface area (Å²) in [5.74, 6) is 0. The number of halogens is 2. The summed E-state index contributed by atoms with van der Waals surface area (Å²) in [4.78, 5) is 0. The largest absolute Gasteiger partial charge is 0.251 e. The van der Waals surface area contributed by atoms with Gasteiger partial charge in [-0.25, -0.2) is 0 Å². The molecule has 0 bridgehead atoms. The van der Waals surface area contributed by atoms with Crippen LogP contribution >= 0.6 is 22.6 Å². The highest BCUT2D eigenvalue weighted by molar-refractivity contribution is 14.1. The Balaban J connectivity index is 0.000000500. The van der Waals surface area contributed by atoms with Crippen molar-refractivity contribution in [3.8, 4) is 0 Å². The minimum atomic E-state index is -0.250. The zero-order valence-electron chi connectivity index (χ0n) is 9.27. The summed E-state index contributed by atoms with van der Waals surface area (Å²) in [6.07, 6.45) is 0. The Labute approximate surface area is 100 Å². The standard InChI is InChI=1S/C10H13I.C2H5F/c1-10(2,3)8-4-6-9(11)7-5-8;1-2-3/h4-7H,1-3H3;2H2,1H3. The maximum absolute atomic E-state index is 10.3. The molecule has 0 saturated carbocycles. The molecule has 0 N–H and O–H groups in total. The maximum Gasteiger partial charge on any atom is 0.0866 e. The first-order valence-corrected chi connectivity index (χ1v) is 5.81. The van der Waals surface area contributed by atoms with Crippen molar-refractivity contribution in [3.05, 3.63) is 33.4 Å². The summed E-state index contributed by atoms with van der Waals surface area (Å²) in [5, 5.41) is 0. The molecule has 1 aromatic carbocycles. The molecule has 0 radical (unpaired) electrons.